The number of halogens is 9. The first-order valence-electron chi connectivity index (χ1n) is 8.94. The number of sulfonamides is 1. The van der Waals surface area contributed by atoms with Crippen molar-refractivity contribution < 1.29 is 70.5 Å². The summed E-state index contributed by atoms with van der Waals surface area (Å²) < 4.78 is 174. The van der Waals surface area contributed by atoms with Crippen LogP contribution in [0.15, 0.2) is 0 Å². The van der Waals surface area contributed by atoms with Crippen LogP contribution in [0.3, 0.4) is 0 Å². The lowest BCUT2D eigenvalue weighted by Crippen LogP contribution is -2.65. The van der Waals surface area contributed by atoms with Crippen LogP contribution in [0.1, 0.15) is 12.8 Å². The van der Waals surface area contributed by atoms with E-state index >= 15 is 0 Å². The second-order valence-electron chi connectivity index (χ2n) is 7.64. The van der Waals surface area contributed by atoms with Crippen LogP contribution >= 0.6 is 0 Å². The van der Waals surface area contributed by atoms with Crippen molar-refractivity contribution in [3.63, 3.8) is 0 Å². The molecule has 8 nitrogen and oxygen atoms in total. The number of hydrogen-bond acceptors (Lipinski definition) is 6. The number of likely N-dealkylation sites (N-methyl/N-ethyl adjacent to an activating group) is 1. The third-order valence-electron chi connectivity index (χ3n) is 4.46. The maximum Gasteiger partial charge on any atom is 0.460 e. The molecule has 0 saturated heterocycles. The maximum absolute atomic E-state index is 14.1. The number of aliphatic hydroxyl groups excluding tert-OH is 1. The molecule has 0 unspecified atom stereocenters. The smallest absolute Gasteiger partial charge is 0.460 e. The second kappa shape index (κ2) is 10.4. The lowest BCUT2D eigenvalue weighted by Gasteiger charge is -2.36. The fourth-order valence-corrected chi connectivity index (χ4v) is 4.51. The Balaban J connectivity index is 6.11. The molecule has 0 atom stereocenters. The van der Waals surface area contributed by atoms with E-state index in [0.717, 1.165) is 0 Å². The highest BCUT2D eigenvalue weighted by molar-refractivity contribution is 7.90. The fraction of sp³-hybridized carbons (Fsp3) is 1.00. The molecule has 0 amide bonds. The summed E-state index contributed by atoms with van der Waals surface area (Å²) in [6, 6.07) is 0. The van der Waals surface area contributed by atoms with Crippen molar-refractivity contribution in [1.29, 1.82) is 0 Å². The van der Waals surface area contributed by atoms with E-state index in [1.807, 2.05) is 0 Å². The highest BCUT2D eigenvalue weighted by Gasteiger charge is 2.85. The molecule has 0 aromatic heterocycles. The van der Waals surface area contributed by atoms with E-state index in [0.29, 0.717) is 0 Å². The number of rotatable bonds is 14. The van der Waals surface area contributed by atoms with Crippen LogP contribution in [-0.2, 0) is 20.1 Å². The van der Waals surface area contributed by atoms with Crippen LogP contribution < -0.4 is 0 Å². The molecule has 0 aliphatic rings. The van der Waals surface area contributed by atoms with Gasteiger partial charge in [-0.2, -0.15) is 43.8 Å². The molecule has 0 aromatic rings. The lowest BCUT2D eigenvalue weighted by molar-refractivity contribution is -0.890. The largest absolute Gasteiger partial charge is 0.748 e. The van der Waals surface area contributed by atoms with Gasteiger partial charge in [-0.1, -0.05) is 0 Å². The van der Waals surface area contributed by atoms with Gasteiger partial charge in [-0.3, -0.25) is 0 Å². The summed E-state index contributed by atoms with van der Waals surface area (Å²) in [6.45, 7) is -2.88. The number of alkyl halides is 9. The van der Waals surface area contributed by atoms with Crippen molar-refractivity contribution in [2.24, 2.45) is 0 Å². The van der Waals surface area contributed by atoms with Crippen LogP contribution in [-0.4, -0.2) is 111 Å². The first kappa shape index (κ1) is 32.1. The van der Waals surface area contributed by atoms with Gasteiger partial charge in [0.2, 0.25) is 0 Å². The lowest BCUT2D eigenvalue weighted by atomic mass is 10.1. The number of nitrogens with zero attached hydrogens (tertiary/aromatic N) is 2. The Labute approximate surface area is 184 Å². The Morgan fingerprint density at radius 3 is 1.67 bits per heavy atom. The Morgan fingerprint density at radius 2 is 1.27 bits per heavy atom. The monoisotopic (exact) mass is 550 g/mol. The molecular weight excluding hydrogens is 527 g/mol. The number of hydrogen-bond donors (Lipinski definition) is 1. The van der Waals surface area contributed by atoms with E-state index in [2.05, 4.69) is 0 Å². The fourth-order valence-electron chi connectivity index (χ4n) is 2.51. The van der Waals surface area contributed by atoms with Gasteiger partial charge in [0.1, 0.15) is 6.54 Å². The van der Waals surface area contributed by atoms with Gasteiger partial charge in [0.25, 0.3) is 10.0 Å². The third kappa shape index (κ3) is 7.55. The van der Waals surface area contributed by atoms with Gasteiger partial charge in [0, 0.05) is 25.3 Å². The molecule has 0 radical (unpaired) electrons. The third-order valence-corrected chi connectivity index (χ3v) is 7.20. The summed E-state index contributed by atoms with van der Waals surface area (Å²) >= 11 is 0. The molecule has 0 spiro atoms. The van der Waals surface area contributed by atoms with Crippen LogP contribution in [0, 0.1) is 0 Å². The predicted molar refractivity (Wildman–Crippen MR) is 94.1 cm³/mol. The van der Waals surface area contributed by atoms with Crippen LogP contribution in [0.2, 0.25) is 0 Å². The minimum atomic E-state index is -7.44. The van der Waals surface area contributed by atoms with Crippen LogP contribution in [0.25, 0.3) is 0 Å². The summed E-state index contributed by atoms with van der Waals surface area (Å²) in [5.41, 5.74) is 0. The molecule has 0 bridgehead atoms. The van der Waals surface area contributed by atoms with Gasteiger partial charge < -0.3 is 14.1 Å². The van der Waals surface area contributed by atoms with Gasteiger partial charge in [-0.15, -0.1) is 0 Å². The predicted octanol–water partition coefficient (Wildman–Crippen LogP) is 1.44. The molecule has 19 heteroatoms. The molecule has 0 rings (SSSR count). The Hall–Kier alpha value is -0.890. The summed E-state index contributed by atoms with van der Waals surface area (Å²) in [7, 11) is -9.01. The Kier molecular flexibility index (Phi) is 10.1. The molecule has 0 aromatic carbocycles. The zero-order valence-corrected chi connectivity index (χ0v) is 18.9. The van der Waals surface area contributed by atoms with Gasteiger partial charge >= 0.3 is 23.3 Å². The van der Waals surface area contributed by atoms with Gasteiger partial charge in [0.15, 0.2) is 0 Å². The van der Waals surface area contributed by atoms with E-state index in [1.165, 1.54) is 14.1 Å². The minimum absolute atomic E-state index is 0.0575. The molecule has 200 valence electrons. The molecule has 0 heterocycles. The molecule has 0 aliphatic carbocycles. The molecular formula is C14H23F9N2O6S2. The van der Waals surface area contributed by atoms with E-state index in [4.69, 9.17) is 5.11 Å². The molecule has 0 saturated carbocycles. The van der Waals surface area contributed by atoms with Crippen LogP contribution in [0.5, 0.6) is 0 Å². The Morgan fingerprint density at radius 1 is 0.818 bits per heavy atom. The van der Waals surface area contributed by atoms with Crippen molar-refractivity contribution in [2.45, 2.75) is 36.1 Å². The summed E-state index contributed by atoms with van der Waals surface area (Å²) in [4.78, 5) is 0. The molecule has 33 heavy (non-hydrogen) atoms. The van der Waals surface area contributed by atoms with Crippen molar-refractivity contribution in [3.8, 4) is 0 Å². The summed E-state index contributed by atoms with van der Waals surface area (Å²) in [5.74, 6) is -16.2. The van der Waals surface area contributed by atoms with Gasteiger partial charge in [-0.25, -0.2) is 16.8 Å². The average molecular weight is 550 g/mol. The van der Waals surface area contributed by atoms with Gasteiger partial charge in [-0.05, 0) is 6.42 Å². The highest BCUT2D eigenvalue weighted by Crippen LogP contribution is 2.55. The number of quaternary nitrogens is 1. The topological polar surface area (TPSA) is 115 Å². The van der Waals surface area contributed by atoms with E-state index in [-0.39, 0.29) is 24.2 Å². The quantitative estimate of drug-likeness (QED) is 0.199. The van der Waals surface area contributed by atoms with Crippen molar-refractivity contribution in [3.05, 3.63) is 0 Å². The standard InChI is InChI=1S/C14H23F9N2O6S2/c1-25(2,8-9-26)7-3-5-24(6-4-10-32(27,28)29)33(30,31)14(22,23)12(17,18)11(15,16)13(19,20)21/h26H,3-10H2,1-2H3. The van der Waals surface area contributed by atoms with Crippen molar-refractivity contribution in [1.82, 2.24) is 4.31 Å². The maximum atomic E-state index is 14.1. The summed E-state index contributed by atoms with van der Waals surface area (Å²) in [5, 5.41) is 1.95. The first-order valence-corrected chi connectivity index (χ1v) is 12.0. The van der Waals surface area contributed by atoms with Gasteiger partial charge in [0.05, 0.1) is 37.4 Å². The molecule has 0 fully saturated rings. The highest BCUT2D eigenvalue weighted by atomic mass is 32.2. The molecule has 0 aliphatic heterocycles. The normalized spacial score (nSPS) is 15.3. The number of aliphatic hydroxyl groups is 1. The average Bonchev–Trinajstić information content (AvgIpc) is 2.57. The van der Waals surface area contributed by atoms with E-state index in [9.17, 15) is 60.9 Å². The van der Waals surface area contributed by atoms with Crippen LogP contribution in [0.4, 0.5) is 39.5 Å². The SMILES string of the molecule is C[N+](C)(CCO)CCCN(CCCS(=O)(=O)[O-])S(=O)(=O)C(F)(F)C(F)(F)C(F)(F)C(F)(F)F. The molecule has 1 N–H and O–H groups in total. The second-order valence-corrected chi connectivity index (χ2v) is 11.1. The minimum Gasteiger partial charge on any atom is -0.748 e. The van der Waals surface area contributed by atoms with E-state index < -0.39 is 79.4 Å². The Bertz CT molecular complexity index is 861. The van der Waals surface area contributed by atoms with E-state index in [1.54, 1.807) is 0 Å². The first-order chi connectivity index (χ1) is 14.4. The zero-order chi connectivity index (χ0) is 26.7. The van der Waals surface area contributed by atoms with Crippen molar-refractivity contribution in [2.75, 3.05) is 52.6 Å². The van der Waals surface area contributed by atoms with Crippen molar-refractivity contribution >= 4 is 20.1 Å². The zero-order valence-electron chi connectivity index (χ0n) is 17.3. The summed E-state index contributed by atoms with van der Waals surface area (Å²) in [6.07, 6.45) is -8.70.